The normalized spacial score (nSPS) is 19.3. The zero-order valence-electron chi connectivity index (χ0n) is 20.5. The molecule has 2 heterocycles. The molecule has 0 spiro atoms. The zero-order valence-corrected chi connectivity index (χ0v) is 22.2. The van der Waals surface area contributed by atoms with Crippen LogP contribution in [0.3, 0.4) is 0 Å². The molecule has 0 radical (unpaired) electrons. The molecule has 4 rings (SSSR count). The number of aromatic nitrogens is 1. The molecule has 34 heavy (non-hydrogen) atoms. The summed E-state index contributed by atoms with van der Waals surface area (Å²) < 4.78 is 27.9. The molecule has 1 aliphatic carbocycles. The van der Waals surface area contributed by atoms with E-state index in [-0.39, 0.29) is 17.2 Å². The summed E-state index contributed by atoms with van der Waals surface area (Å²) in [5, 5.41) is 5.84. The Balaban J connectivity index is 1.32. The van der Waals surface area contributed by atoms with Gasteiger partial charge < -0.3 is 5.32 Å². The topological polar surface area (TPSA) is 79.4 Å². The Labute approximate surface area is 208 Å². The molecular weight excluding hydrogens is 466 g/mol. The van der Waals surface area contributed by atoms with Gasteiger partial charge in [0.1, 0.15) is 5.69 Å². The van der Waals surface area contributed by atoms with Crippen LogP contribution in [0.5, 0.6) is 0 Å². The first-order valence-electron chi connectivity index (χ1n) is 12.5. The summed E-state index contributed by atoms with van der Waals surface area (Å²) in [6.45, 7) is 8.02. The molecule has 1 aromatic carbocycles. The standard InChI is InChI=1S/C26H37N3O3S2/c1-26(2,3)21-9-11-22(12-10-21)34(31,32)29-15-13-20(14-16-29)25-28-23(18-33-25)24(30)27-17-19-7-5-4-6-8-19/h9-12,18-20H,4-8,13-17H2,1-3H3,(H,27,30). The maximum absolute atomic E-state index is 13.1. The highest BCUT2D eigenvalue weighted by Gasteiger charge is 2.31. The van der Waals surface area contributed by atoms with Crippen molar-refractivity contribution in [1.29, 1.82) is 0 Å². The van der Waals surface area contributed by atoms with Crippen LogP contribution in [0.25, 0.3) is 0 Å². The van der Waals surface area contributed by atoms with Gasteiger partial charge in [-0.25, -0.2) is 13.4 Å². The van der Waals surface area contributed by atoms with E-state index < -0.39 is 10.0 Å². The van der Waals surface area contributed by atoms with E-state index in [2.05, 4.69) is 31.1 Å². The first-order valence-corrected chi connectivity index (χ1v) is 14.8. The first-order chi connectivity index (χ1) is 16.1. The van der Waals surface area contributed by atoms with Crippen LogP contribution >= 0.6 is 11.3 Å². The number of hydrogen-bond acceptors (Lipinski definition) is 5. The van der Waals surface area contributed by atoms with Gasteiger partial charge in [0, 0.05) is 30.9 Å². The van der Waals surface area contributed by atoms with Crippen molar-refractivity contribution in [2.45, 2.75) is 81.9 Å². The van der Waals surface area contributed by atoms with Crippen LogP contribution in [0.1, 0.15) is 92.7 Å². The molecule has 2 fully saturated rings. The van der Waals surface area contributed by atoms with Gasteiger partial charge in [0.25, 0.3) is 5.91 Å². The van der Waals surface area contributed by atoms with E-state index in [1.165, 1.54) is 43.4 Å². The molecule has 1 aromatic heterocycles. The van der Waals surface area contributed by atoms with Crippen molar-refractivity contribution in [3.63, 3.8) is 0 Å². The minimum absolute atomic E-state index is 0.0139. The molecule has 8 heteroatoms. The summed E-state index contributed by atoms with van der Waals surface area (Å²) in [4.78, 5) is 17.5. The zero-order chi connectivity index (χ0) is 24.3. The number of rotatable bonds is 6. The summed E-state index contributed by atoms with van der Waals surface area (Å²) >= 11 is 1.51. The van der Waals surface area contributed by atoms with Gasteiger partial charge in [-0.15, -0.1) is 11.3 Å². The van der Waals surface area contributed by atoms with Crippen LogP contribution < -0.4 is 5.32 Å². The third kappa shape index (κ3) is 5.89. The molecule has 2 aliphatic rings. The van der Waals surface area contributed by atoms with Crippen molar-refractivity contribution in [1.82, 2.24) is 14.6 Å². The number of hydrogen-bond donors (Lipinski definition) is 1. The number of nitrogens with zero attached hydrogens (tertiary/aromatic N) is 2. The Kier molecular flexibility index (Phi) is 7.79. The maximum Gasteiger partial charge on any atom is 0.270 e. The predicted octanol–water partition coefficient (Wildman–Crippen LogP) is 5.32. The van der Waals surface area contributed by atoms with E-state index in [0.717, 1.165) is 30.0 Å². The molecule has 0 atom stereocenters. The van der Waals surface area contributed by atoms with Gasteiger partial charge in [-0.05, 0) is 54.7 Å². The fourth-order valence-electron chi connectivity index (χ4n) is 4.92. The van der Waals surface area contributed by atoms with E-state index in [0.29, 0.717) is 29.6 Å². The lowest BCUT2D eigenvalue weighted by molar-refractivity contribution is 0.0939. The predicted molar refractivity (Wildman–Crippen MR) is 137 cm³/mol. The van der Waals surface area contributed by atoms with Gasteiger partial charge in [-0.1, -0.05) is 52.2 Å². The highest BCUT2D eigenvalue weighted by atomic mass is 32.2. The molecule has 0 bridgehead atoms. The second kappa shape index (κ2) is 10.5. The Morgan fingerprint density at radius 3 is 2.32 bits per heavy atom. The third-order valence-electron chi connectivity index (χ3n) is 7.19. The summed E-state index contributed by atoms with van der Waals surface area (Å²) in [5.41, 5.74) is 1.59. The van der Waals surface area contributed by atoms with E-state index in [1.807, 2.05) is 17.5 Å². The smallest absolute Gasteiger partial charge is 0.270 e. The SMILES string of the molecule is CC(C)(C)c1ccc(S(=O)(=O)N2CCC(c3nc(C(=O)NCC4CCCCC4)cs3)CC2)cc1. The Morgan fingerprint density at radius 2 is 1.71 bits per heavy atom. The summed E-state index contributed by atoms with van der Waals surface area (Å²) in [6, 6.07) is 7.27. The van der Waals surface area contributed by atoms with Gasteiger partial charge in [0.05, 0.1) is 9.90 Å². The lowest BCUT2D eigenvalue weighted by Crippen LogP contribution is -2.38. The fourth-order valence-corrected chi connectivity index (χ4v) is 7.36. The van der Waals surface area contributed by atoms with E-state index in [4.69, 9.17) is 0 Å². The Hall–Kier alpha value is -1.77. The van der Waals surface area contributed by atoms with Crippen LogP contribution in [0.15, 0.2) is 34.5 Å². The second-order valence-electron chi connectivity index (χ2n) is 10.7. The minimum atomic E-state index is -3.50. The van der Waals surface area contributed by atoms with Crippen molar-refractivity contribution < 1.29 is 13.2 Å². The largest absolute Gasteiger partial charge is 0.350 e. The van der Waals surface area contributed by atoms with Crippen molar-refractivity contribution in [2.24, 2.45) is 5.92 Å². The Morgan fingerprint density at radius 1 is 1.06 bits per heavy atom. The fraction of sp³-hybridized carbons (Fsp3) is 0.615. The van der Waals surface area contributed by atoms with E-state index in [9.17, 15) is 13.2 Å². The van der Waals surface area contributed by atoms with E-state index >= 15 is 0 Å². The van der Waals surface area contributed by atoms with Crippen LogP contribution in [-0.4, -0.2) is 43.2 Å². The number of benzene rings is 1. The molecule has 2 aromatic rings. The molecule has 1 amide bonds. The molecule has 1 aliphatic heterocycles. The molecule has 1 N–H and O–H groups in total. The van der Waals surface area contributed by atoms with Gasteiger partial charge in [0.2, 0.25) is 10.0 Å². The van der Waals surface area contributed by atoms with Crippen molar-refractivity contribution in [2.75, 3.05) is 19.6 Å². The van der Waals surface area contributed by atoms with E-state index in [1.54, 1.807) is 16.4 Å². The second-order valence-corrected chi connectivity index (χ2v) is 13.6. The van der Waals surface area contributed by atoms with Gasteiger partial charge >= 0.3 is 0 Å². The molecule has 6 nitrogen and oxygen atoms in total. The summed E-state index contributed by atoms with van der Waals surface area (Å²) in [5.74, 6) is 0.693. The average molecular weight is 504 g/mol. The van der Waals surface area contributed by atoms with Crippen molar-refractivity contribution in [3.05, 3.63) is 45.9 Å². The van der Waals surface area contributed by atoms with Gasteiger partial charge in [-0.3, -0.25) is 4.79 Å². The van der Waals surface area contributed by atoms with Crippen molar-refractivity contribution in [3.8, 4) is 0 Å². The quantitative estimate of drug-likeness (QED) is 0.579. The Bertz CT molecular complexity index is 1070. The highest BCUT2D eigenvalue weighted by molar-refractivity contribution is 7.89. The number of carbonyl (C=O) groups is 1. The number of piperidine rings is 1. The molecular formula is C26H37N3O3S2. The molecule has 1 saturated carbocycles. The van der Waals surface area contributed by atoms with Crippen molar-refractivity contribution >= 4 is 27.3 Å². The lowest BCUT2D eigenvalue weighted by Gasteiger charge is -2.30. The monoisotopic (exact) mass is 503 g/mol. The molecule has 186 valence electrons. The third-order valence-corrected chi connectivity index (χ3v) is 10.1. The van der Waals surface area contributed by atoms with Crippen LogP contribution in [0.4, 0.5) is 0 Å². The van der Waals surface area contributed by atoms with Crippen LogP contribution in [0, 0.1) is 5.92 Å². The molecule has 1 saturated heterocycles. The highest BCUT2D eigenvalue weighted by Crippen LogP contribution is 2.33. The summed E-state index contributed by atoms with van der Waals surface area (Å²) in [7, 11) is -3.50. The summed E-state index contributed by atoms with van der Waals surface area (Å²) in [6.07, 6.45) is 7.67. The van der Waals surface area contributed by atoms with Crippen LogP contribution in [0.2, 0.25) is 0 Å². The lowest BCUT2D eigenvalue weighted by atomic mass is 9.87. The molecule has 0 unspecified atom stereocenters. The minimum Gasteiger partial charge on any atom is -0.350 e. The van der Waals surface area contributed by atoms with Gasteiger partial charge in [-0.2, -0.15) is 4.31 Å². The van der Waals surface area contributed by atoms with Crippen LogP contribution in [-0.2, 0) is 15.4 Å². The number of amides is 1. The number of thiazole rings is 1. The first kappa shape index (κ1) is 25.3. The number of sulfonamides is 1. The number of carbonyl (C=O) groups excluding carboxylic acids is 1. The van der Waals surface area contributed by atoms with Gasteiger partial charge in [0.15, 0.2) is 0 Å². The maximum atomic E-state index is 13.1. The average Bonchev–Trinajstić information content (AvgIpc) is 3.33. The number of nitrogens with one attached hydrogen (secondary N) is 1.